The Morgan fingerprint density at radius 2 is 2.06 bits per heavy atom. The fraction of sp³-hybridized carbons (Fsp3) is 0.286. The third kappa shape index (κ3) is 3.11. The van der Waals surface area contributed by atoms with E-state index in [1.807, 2.05) is 26.0 Å². The lowest BCUT2D eigenvalue weighted by Gasteiger charge is -2.06. The molecule has 1 aromatic heterocycles. The summed E-state index contributed by atoms with van der Waals surface area (Å²) in [6.07, 6.45) is 0. The highest BCUT2D eigenvalue weighted by molar-refractivity contribution is 5.59. The van der Waals surface area contributed by atoms with E-state index in [9.17, 15) is 4.39 Å². The normalized spacial score (nSPS) is 10.6. The minimum absolute atomic E-state index is 0.253. The first-order chi connectivity index (χ1) is 8.69. The Labute approximate surface area is 106 Å². The lowest BCUT2D eigenvalue weighted by atomic mass is 10.1. The Kier molecular flexibility index (Phi) is 3.99. The largest absolute Gasteiger partial charge is 0.310 e. The van der Waals surface area contributed by atoms with Crippen molar-refractivity contribution in [1.29, 1.82) is 0 Å². The van der Waals surface area contributed by atoms with Gasteiger partial charge >= 0.3 is 0 Å². The van der Waals surface area contributed by atoms with Gasteiger partial charge in [0.2, 0.25) is 0 Å². The highest BCUT2D eigenvalue weighted by atomic mass is 19.1. The van der Waals surface area contributed by atoms with Gasteiger partial charge in [-0.15, -0.1) is 0 Å². The zero-order valence-corrected chi connectivity index (χ0v) is 10.6. The molecule has 2 aromatic rings. The molecular formula is C14H16FN3. The molecule has 1 heterocycles. The molecule has 0 radical (unpaired) electrons. The number of hydrogen-bond donors (Lipinski definition) is 1. The molecule has 0 aliphatic heterocycles. The molecule has 18 heavy (non-hydrogen) atoms. The summed E-state index contributed by atoms with van der Waals surface area (Å²) in [5.41, 5.74) is 2.42. The van der Waals surface area contributed by atoms with E-state index >= 15 is 0 Å². The van der Waals surface area contributed by atoms with Crippen molar-refractivity contribution in [3.05, 3.63) is 47.7 Å². The van der Waals surface area contributed by atoms with Crippen molar-refractivity contribution in [3.8, 4) is 11.3 Å². The number of nitrogens with one attached hydrogen (secondary N) is 1. The van der Waals surface area contributed by atoms with Gasteiger partial charge in [-0.1, -0.05) is 19.1 Å². The molecule has 0 spiro atoms. The smallest absolute Gasteiger partial charge is 0.143 e. The van der Waals surface area contributed by atoms with Crippen LogP contribution in [0.15, 0.2) is 30.3 Å². The van der Waals surface area contributed by atoms with Crippen LogP contribution in [0.5, 0.6) is 0 Å². The summed E-state index contributed by atoms with van der Waals surface area (Å²) in [5.74, 6) is 0.480. The second kappa shape index (κ2) is 5.69. The molecule has 1 N–H and O–H groups in total. The number of aryl methyl sites for hydroxylation is 1. The van der Waals surface area contributed by atoms with Gasteiger partial charge in [0.05, 0.1) is 12.2 Å². The average molecular weight is 245 g/mol. The van der Waals surface area contributed by atoms with Gasteiger partial charge in [0, 0.05) is 11.3 Å². The van der Waals surface area contributed by atoms with Gasteiger partial charge in [-0.05, 0) is 31.7 Å². The van der Waals surface area contributed by atoms with Crippen molar-refractivity contribution in [2.45, 2.75) is 20.4 Å². The molecule has 3 nitrogen and oxygen atoms in total. The summed E-state index contributed by atoms with van der Waals surface area (Å²) in [6.45, 7) is 5.44. The molecule has 0 saturated heterocycles. The molecule has 0 bridgehead atoms. The lowest BCUT2D eigenvalue weighted by molar-refractivity contribution is 0.628. The SMILES string of the molecule is CCNCc1nc(C)cc(-c2cccc(F)c2)n1. The molecule has 94 valence electrons. The Hall–Kier alpha value is -1.81. The average Bonchev–Trinajstić information content (AvgIpc) is 2.36. The van der Waals surface area contributed by atoms with E-state index in [1.54, 1.807) is 6.07 Å². The van der Waals surface area contributed by atoms with Gasteiger partial charge in [0.1, 0.15) is 11.6 Å². The summed E-state index contributed by atoms with van der Waals surface area (Å²) in [6, 6.07) is 8.31. The monoisotopic (exact) mass is 245 g/mol. The molecule has 0 saturated carbocycles. The molecular weight excluding hydrogens is 229 g/mol. The second-order valence-electron chi connectivity index (χ2n) is 4.10. The summed E-state index contributed by atoms with van der Waals surface area (Å²) in [7, 11) is 0. The molecule has 0 aliphatic carbocycles. The molecule has 0 unspecified atom stereocenters. The van der Waals surface area contributed by atoms with E-state index in [0.717, 1.165) is 29.3 Å². The first-order valence-corrected chi connectivity index (χ1v) is 6.00. The molecule has 1 aromatic carbocycles. The van der Waals surface area contributed by atoms with E-state index in [0.29, 0.717) is 6.54 Å². The predicted molar refractivity (Wildman–Crippen MR) is 69.5 cm³/mol. The third-order valence-electron chi connectivity index (χ3n) is 2.55. The van der Waals surface area contributed by atoms with Crippen molar-refractivity contribution >= 4 is 0 Å². The van der Waals surface area contributed by atoms with Crippen LogP contribution in [0.2, 0.25) is 0 Å². The van der Waals surface area contributed by atoms with Gasteiger partial charge < -0.3 is 5.32 Å². The quantitative estimate of drug-likeness (QED) is 0.900. The third-order valence-corrected chi connectivity index (χ3v) is 2.55. The van der Waals surface area contributed by atoms with Gasteiger partial charge in [-0.3, -0.25) is 0 Å². The number of benzene rings is 1. The maximum absolute atomic E-state index is 13.2. The van der Waals surface area contributed by atoms with E-state index in [-0.39, 0.29) is 5.82 Å². The fourth-order valence-electron chi connectivity index (χ4n) is 1.74. The Balaban J connectivity index is 2.35. The van der Waals surface area contributed by atoms with Crippen molar-refractivity contribution in [2.75, 3.05) is 6.54 Å². The molecule has 2 rings (SSSR count). The van der Waals surface area contributed by atoms with Crippen LogP contribution in [0.4, 0.5) is 4.39 Å². The van der Waals surface area contributed by atoms with Gasteiger partial charge in [0.15, 0.2) is 0 Å². The van der Waals surface area contributed by atoms with Crippen LogP contribution in [0, 0.1) is 12.7 Å². The summed E-state index contributed by atoms with van der Waals surface area (Å²) in [4.78, 5) is 8.79. The zero-order chi connectivity index (χ0) is 13.0. The minimum atomic E-state index is -0.253. The summed E-state index contributed by atoms with van der Waals surface area (Å²) >= 11 is 0. The topological polar surface area (TPSA) is 37.8 Å². The van der Waals surface area contributed by atoms with Crippen molar-refractivity contribution in [3.63, 3.8) is 0 Å². The number of aromatic nitrogens is 2. The Morgan fingerprint density at radius 1 is 1.22 bits per heavy atom. The van der Waals surface area contributed by atoms with Gasteiger partial charge in [-0.2, -0.15) is 0 Å². The van der Waals surface area contributed by atoms with Crippen molar-refractivity contribution < 1.29 is 4.39 Å². The molecule has 4 heteroatoms. The number of rotatable bonds is 4. The Bertz CT molecular complexity index is 540. The van der Waals surface area contributed by atoms with E-state index < -0.39 is 0 Å². The molecule has 0 aliphatic rings. The van der Waals surface area contributed by atoms with Crippen LogP contribution in [-0.4, -0.2) is 16.5 Å². The van der Waals surface area contributed by atoms with E-state index in [2.05, 4.69) is 15.3 Å². The van der Waals surface area contributed by atoms with Crippen LogP contribution in [0.3, 0.4) is 0 Å². The molecule has 0 atom stereocenters. The number of hydrogen-bond acceptors (Lipinski definition) is 3. The van der Waals surface area contributed by atoms with Crippen LogP contribution >= 0.6 is 0 Å². The van der Waals surface area contributed by atoms with Crippen molar-refractivity contribution in [1.82, 2.24) is 15.3 Å². The highest BCUT2D eigenvalue weighted by Crippen LogP contribution is 2.18. The summed E-state index contributed by atoms with van der Waals surface area (Å²) in [5, 5.41) is 3.18. The molecule has 0 fully saturated rings. The minimum Gasteiger partial charge on any atom is -0.310 e. The van der Waals surface area contributed by atoms with Gasteiger partial charge in [0.25, 0.3) is 0 Å². The first-order valence-electron chi connectivity index (χ1n) is 6.00. The predicted octanol–water partition coefficient (Wildman–Crippen LogP) is 2.70. The summed E-state index contributed by atoms with van der Waals surface area (Å²) < 4.78 is 13.2. The van der Waals surface area contributed by atoms with Crippen LogP contribution in [0.25, 0.3) is 11.3 Å². The maximum atomic E-state index is 13.2. The lowest BCUT2D eigenvalue weighted by Crippen LogP contribution is -2.15. The highest BCUT2D eigenvalue weighted by Gasteiger charge is 2.05. The standard InChI is InChI=1S/C14H16FN3/c1-3-16-9-14-17-10(2)7-13(18-14)11-5-4-6-12(15)8-11/h4-8,16H,3,9H2,1-2H3. The van der Waals surface area contributed by atoms with Crippen LogP contribution in [0.1, 0.15) is 18.4 Å². The number of nitrogens with zero attached hydrogens (tertiary/aromatic N) is 2. The zero-order valence-electron chi connectivity index (χ0n) is 10.6. The van der Waals surface area contributed by atoms with Crippen LogP contribution < -0.4 is 5.32 Å². The first kappa shape index (κ1) is 12.6. The fourth-order valence-corrected chi connectivity index (χ4v) is 1.74. The van der Waals surface area contributed by atoms with Crippen molar-refractivity contribution in [2.24, 2.45) is 0 Å². The second-order valence-corrected chi connectivity index (χ2v) is 4.10. The number of halogens is 1. The van der Waals surface area contributed by atoms with Gasteiger partial charge in [-0.25, -0.2) is 14.4 Å². The molecule has 0 amide bonds. The van der Waals surface area contributed by atoms with Crippen LogP contribution in [-0.2, 0) is 6.54 Å². The Morgan fingerprint density at radius 3 is 2.78 bits per heavy atom. The maximum Gasteiger partial charge on any atom is 0.143 e. The van der Waals surface area contributed by atoms with E-state index in [4.69, 9.17) is 0 Å². The van der Waals surface area contributed by atoms with E-state index in [1.165, 1.54) is 12.1 Å².